The van der Waals surface area contributed by atoms with Gasteiger partial charge in [-0.25, -0.2) is 0 Å². The number of benzene rings is 3. The predicted octanol–water partition coefficient (Wildman–Crippen LogP) is 5.72. The third-order valence-electron chi connectivity index (χ3n) is 4.58. The van der Waals surface area contributed by atoms with Gasteiger partial charge in [0, 0.05) is 10.0 Å². The van der Waals surface area contributed by atoms with Gasteiger partial charge in [-0.05, 0) is 42.2 Å². The zero-order chi connectivity index (χ0) is 19.9. The van der Waals surface area contributed by atoms with Crippen molar-refractivity contribution in [2.24, 2.45) is 0 Å². The normalized spacial score (nSPS) is 11.6. The first-order chi connectivity index (χ1) is 13.5. The Kier molecular flexibility index (Phi) is 6.77. The molecule has 0 aliphatic rings. The Hall–Kier alpha value is -2.72. The molecule has 0 aliphatic carbocycles. The number of esters is 1. The molecule has 1 unspecified atom stereocenters. The van der Waals surface area contributed by atoms with Crippen LogP contribution in [0.4, 0.5) is 0 Å². The van der Waals surface area contributed by atoms with Crippen LogP contribution in [0.25, 0.3) is 0 Å². The molecule has 0 fully saturated rings. The highest BCUT2D eigenvalue weighted by Gasteiger charge is 2.23. The van der Waals surface area contributed by atoms with Crippen molar-refractivity contribution in [2.75, 3.05) is 0 Å². The van der Waals surface area contributed by atoms with Crippen LogP contribution in [0.2, 0.25) is 0 Å². The lowest BCUT2D eigenvalue weighted by Crippen LogP contribution is -2.18. The molecule has 28 heavy (non-hydrogen) atoms. The van der Waals surface area contributed by atoms with Crippen molar-refractivity contribution in [3.8, 4) is 0 Å². The van der Waals surface area contributed by atoms with E-state index >= 15 is 0 Å². The molecule has 3 nitrogen and oxygen atoms in total. The van der Waals surface area contributed by atoms with E-state index in [4.69, 9.17) is 4.74 Å². The molecule has 0 spiro atoms. The first kappa shape index (κ1) is 20.0. The first-order valence-electron chi connectivity index (χ1n) is 9.09. The molecule has 1 atom stereocenters. The van der Waals surface area contributed by atoms with E-state index in [0.29, 0.717) is 12.0 Å². The summed E-state index contributed by atoms with van der Waals surface area (Å²) < 4.78 is 6.56. The molecule has 0 saturated heterocycles. The van der Waals surface area contributed by atoms with Crippen molar-refractivity contribution in [1.29, 1.82) is 0 Å². The fourth-order valence-corrected chi connectivity index (χ4v) is 3.24. The molecule has 0 saturated carbocycles. The number of carbonyl (C=O) groups is 2. The zero-order valence-corrected chi connectivity index (χ0v) is 17.2. The summed E-state index contributed by atoms with van der Waals surface area (Å²) in [4.78, 5) is 24.4. The van der Waals surface area contributed by atoms with Crippen LogP contribution in [0.5, 0.6) is 0 Å². The van der Waals surface area contributed by atoms with Crippen LogP contribution in [0, 0.1) is 0 Å². The maximum atomic E-state index is 12.9. The highest BCUT2D eigenvalue weighted by molar-refractivity contribution is 9.10. The lowest BCUT2D eigenvalue weighted by Gasteiger charge is -2.17. The molecule has 142 valence electrons. The summed E-state index contributed by atoms with van der Waals surface area (Å²) in [7, 11) is 0. The maximum absolute atomic E-state index is 12.9. The number of halogens is 1. The van der Waals surface area contributed by atoms with Crippen molar-refractivity contribution in [1.82, 2.24) is 0 Å². The maximum Gasteiger partial charge on any atom is 0.314 e. The Labute approximate surface area is 173 Å². The molecule has 0 aliphatic heterocycles. The Bertz CT molecular complexity index is 932. The van der Waals surface area contributed by atoms with Gasteiger partial charge >= 0.3 is 5.97 Å². The molecule has 0 amide bonds. The molecular weight excluding hydrogens is 416 g/mol. The van der Waals surface area contributed by atoms with Crippen LogP contribution in [0.1, 0.15) is 39.9 Å². The second-order valence-corrected chi connectivity index (χ2v) is 7.57. The van der Waals surface area contributed by atoms with Gasteiger partial charge < -0.3 is 4.74 Å². The highest BCUT2D eigenvalue weighted by Crippen LogP contribution is 2.25. The fraction of sp³-hybridized carbons (Fsp3) is 0.167. The van der Waals surface area contributed by atoms with Gasteiger partial charge in [0.2, 0.25) is 0 Å². The molecule has 0 heterocycles. The summed E-state index contributed by atoms with van der Waals surface area (Å²) in [5.41, 5.74) is 3.50. The lowest BCUT2D eigenvalue weighted by molar-refractivity contribution is -0.146. The van der Waals surface area contributed by atoms with Gasteiger partial charge in [-0.2, -0.15) is 0 Å². The second-order valence-electron chi connectivity index (χ2n) is 6.65. The fourth-order valence-electron chi connectivity index (χ4n) is 2.97. The van der Waals surface area contributed by atoms with Crippen molar-refractivity contribution >= 4 is 27.7 Å². The van der Waals surface area contributed by atoms with Gasteiger partial charge in [0.1, 0.15) is 6.61 Å². The standard InChI is InChI=1S/C24H21BrO3/c1-17(26)20-9-7-18(8-10-20)15-23(21-11-13-22(25)14-12-21)24(27)28-16-19-5-3-2-4-6-19/h2-14,23H,15-16H2,1H3. The average molecular weight is 437 g/mol. The van der Waals surface area contributed by atoms with Crippen molar-refractivity contribution < 1.29 is 14.3 Å². The van der Waals surface area contributed by atoms with E-state index in [1.807, 2.05) is 66.7 Å². The van der Waals surface area contributed by atoms with E-state index < -0.39 is 5.92 Å². The number of carbonyl (C=O) groups excluding carboxylic acids is 2. The van der Waals surface area contributed by atoms with Crippen LogP contribution >= 0.6 is 15.9 Å². The van der Waals surface area contributed by atoms with Gasteiger partial charge in [0.25, 0.3) is 0 Å². The topological polar surface area (TPSA) is 43.4 Å². The first-order valence-corrected chi connectivity index (χ1v) is 9.88. The number of hydrogen-bond donors (Lipinski definition) is 0. The van der Waals surface area contributed by atoms with Crippen LogP contribution in [-0.2, 0) is 22.6 Å². The largest absolute Gasteiger partial charge is 0.460 e. The minimum atomic E-state index is -0.417. The van der Waals surface area contributed by atoms with E-state index in [-0.39, 0.29) is 18.4 Å². The van der Waals surface area contributed by atoms with E-state index in [0.717, 1.165) is 21.2 Å². The summed E-state index contributed by atoms with van der Waals surface area (Å²) in [6.45, 7) is 1.79. The van der Waals surface area contributed by atoms with Gasteiger partial charge in [-0.15, -0.1) is 0 Å². The summed E-state index contributed by atoms with van der Waals surface area (Å²) in [6, 6.07) is 24.7. The lowest BCUT2D eigenvalue weighted by atomic mass is 9.91. The van der Waals surface area contributed by atoms with E-state index in [1.165, 1.54) is 0 Å². The number of hydrogen-bond acceptors (Lipinski definition) is 3. The Morgan fingerprint density at radius 2 is 1.50 bits per heavy atom. The van der Waals surface area contributed by atoms with Gasteiger partial charge in [-0.1, -0.05) is 82.7 Å². The molecule has 0 radical (unpaired) electrons. The average Bonchev–Trinajstić information content (AvgIpc) is 2.72. The number of Topliss-reactive ketones (excluding diaryl/α,β-unsaturated/α-hetero) is 1. The summed E-state index contributed by atoms with van der Waals surface area (Å²) >= 11 is 3.43. The minimum absolute atomic E-state index is 0.0262. The second kappa shape index (κ2) is 9.47. The van der Waals surface area contributed by atoms with Gasteiger partial charge in [0.15, 0.2) is 5.78 Å². The van der Waals surface area contributed by atoms with E-state index in [1.54, 1.807) is 19.1 Å². The highest BCUT2D eigenvalue weighted by atomic mass is 79.9. The number of ketones is 1. The zero-order valence-electron chi connectivity index (χ0n) is 15.6. The molecule has 3 rings (SSSR count). The molecular formula is C24H21BrO3. The van der Waals surface area contributed by atoms with Crippen molar-refractivity contribution in [2.45, 2.75) is 25.9 Å². The SMILES string of the molecule is CC(=O)c1ccc(CC(C(=O)OCc2ccccc2)c2ccc(Br)cc2)cc1. The number of ether oxygens (including phenoxy) is 1. The predicted molar refractivity (Wildman–Crippen MR) is 113 cm³/mol. The van der Waals surface area contributed by atoms with E-state index in [9.17, 15) is 9.59 Å². The Balaban J connectivity index is 1.79. The minimum Gasteiger partial charge on any atom is -0.460 e. The molecule has 4 heteroatoms. The summed E-state index contributed by atoms with van der Waals surface area (Å²) in [5, 5.41) is 0. The van der Waals surface area contributed by atoms with E-state index in [2.05, 4.69) is 15.9 Å². The molecule has 3 aromatic carbocycles. The van der Waals surface area contributed by atoms with Crippen LogP contribution in [0.3, 0.4) is 0 Å². The molecule has 0 N–H and O–H groups in total. The Morgan fingerprint density at radius 1 is 0.857 bits per heavy atom. The monoisotopic (exact) mass is 436 g/mol. The van der Waals surface area contributed by atoms with Crippen LogP contribution in [0.15, 0.2) is 83.3 Å². The third kappa shape index (κ3) is 5.40. The molecule has 0 bridgehead atoms. The Morgan fingerprint density at radius 3 is 2.11 bits per heavy atom. The van der Waals surface area contributed by atoms with Crippen molar-refractivity contribution in [3.63, 3.8) is 0 Å². The summed E-state index contributed by atoms with van der Waals surface area (Å²) in [6.07, 6.45) is 0.507. The summed E-state index contributed by atoms with van der Waals surface area (Å²) in [5.74, 6) is -0.653. The van der Waals surface area contributed by atoms with Crippen molar-refractivity contribution in [3.05, 3.63) is 106 Å². The smallest absolute Gasteiger partial charge is 0.314 e. The molecule has 3 aromatic rings. The van der Waals surface area contributed by atoms with Crippen LogP contribution < -0.4 is 0 Å². The third-order valence-corrected chi connectivity index (χ3v) is 5.11. The molecule has 0 aromatic heterocycles. The number of rotatable bonds is 7. The van der Waals surface area contributed by atoms with Gasteiger partial charge in [0.05, 0.1) is 5.92 Å². The van der Waals surface area contributed by atoms with Gasteiger partial charge in [-0.3, -0.25) is 9.59 Å². The quantitative estimate of drug-likeness (QED) is 0.351. The van der Waals surface area contributed by atoms with Crippen LogP contribution in [-0.4, -0.2) is 11.8 Å².